The second kappa shape index (κ2) is 7.67. The average molecular weight is 259 g/mol. The minimum atomic E-state index is -0.511. The highest BCUT2D eigenvalue weighted by molar-refractivity contribution is 7.99. The third-order valence-electron chi connectivity index (χ3n) is 2.37. The van der Waals surface area contributed by atoms with E-state index >= 15 is 0 Å². The predicted octanol–water partition coefficient (Wildman–Crippen LogP) is 3.76. The van der Waals surface area contributed by atoms with Crippen LogP contribution in [0.25, 0.3) is 0 Å². The molecule has 0 spiro atoms. The first-order chi connectivity index (χ1) is 8.17. The van der Waals surface area contributed by atoms with E-state index in [4.69, 9.17) is 0 Å². The molecule has 0 amide bonds. The third kappa shape index (κ3) is 5.04. The summed E-state index contributed by atoms with van der Waals surface area (Å²) in [5.74, 6) is 0.886. The quantitative estimate of drug-likeness (QED) is 0.748. The van der Waals surface area contributed by atoms with Crippen molar-refractivity contribution in [2.75, 3.05) is 18.1 Å². The van der Waals surface area contributed by atoms with Crippen LogP contribution in [0.3, 0.4) is 0 Å². The molecule has 17 heavy (non-hydrogen) atoms. The van der Waals surface area contributed by atoms with Gasteiger partial charge in [-0.05, 0) is 36.4 Å². The molecule has 0 aromatic heterocycles. The molecule has 1 N–H and O–H groups in total. The molecule has 0 radical (unpaired) electrons. The van der Waals surface area contributed by atoms with Crippen molar-refractivity contribution in [3.63, 3.8) is 0 Å². The predicted molar refractivity (Wildman–Crippen MR) is 70.4 cm³/mol. The van der Waals surface area contributed by atoms with Gasteiger partial charge < -0.3 is 5.32 Å². The number of hydrogen-bond acceptors (Lipinski definition) is 2. The molecule has 96 valence electrons. The Balaban J connectivity index is 2.73. The summed E-state index contributed by atoms with van der Waals surface area (Å²) in [6, 6.07) is 3.74. The topological polar surface area (TPSA) is 12.0 Å². The Bertz CT molecular complexity index is 324. The fraction of sp³-hybridized carbons (Fsp3) is 0.538. The molecule has 0 saturated heterocycles. The van der Waals surface area contributed by atoms with E-state index in [1.54, 1.807) is 11.8 Å². The molecule has 1 rings (SSSR count). The zero-order chi connectivity index (χ0) is 12.7. The lowest BCUT2D eigenvalue weighted by Gasteiger charge is -2.18. The molecule has 0 aliphatic rings. The van der Waals surface area contributed by atoms with Gasteiger partial charge in [-0.2, -0.15) is 11.8 Å². The van der Waals surface area contributed by atoms with Crippen molar-refractivity contribution in [3.8, 4) is 0 Å². The van der Waals surface area contributed by atoms with Crippen LogP contribution in [-0.4, -0.2) is 18.1 Å². The van der Waals surface area contributed by atoms with Crippen LogP contribution in [0.1, 0.15) is 31.9 Å². The van der Waals surface area contributed by atoms with Gasteiger partial charge in [0.1, 0.15) is 11.6 Å². The second-order valence-electron chi connectivity index (χ2n) is 3.89. The maximum absolute atomic E-state index is 13.1. The van der Waals surface area contributed by atoms with Crippen LogP contribution in [0.2, 0.25) is 0 Å². The highest BCUT2D eigenvalue weighted by atomic mass is 32.2. The van der Waals surface area contributed by atoms with Crippen molar-refractivity contribution in [1.29, 1.82) is 0 Å². The molecular weight excluding hydrogens is 240 g/mol. The molecule has 4 heteroatoms. The lowest BCUT2D eigenvalue weighted by molar-refractivity contribution is 0.558. The molecule has 0 aliphatic carbocycles. The normalized spacial score (nSPS) is 12.7. The first kappa shape index (κ1) is 14.5. The number of rotatable bonds is 7. The summed E-state index contributed by atoms with van der Waals surface area (Å²) in [6.45, 7) is 4.90. The molecule has 1 aromatic rings. The monoisotopic (exact) mass is 259 g/mol. The van der Waals surface area contributed by atoms with Gasteiger partial charge >= 0.3 is 0 Å². The fourth-order valence-electron chi connectivity index (χ4n) is 1.64. The molecule has 0 aliphatic heterocycles. The summed E-state index contributed by atoms with van der Waals surface area (Å²) >= 11 is 1.80. The Labute approximate surface area is 106 Å². The second-order valence-corrected chi connectivity index (χ2v) is 5.04. The van der Waals surface area contributed by atoms with E-state index in [9.17, 15) is 8.78 Å². The van der Waals surface area contributed by atoms with Crippen LogP contribution in [0.4, 0.5) is 8.78 Å². The molecule has 1 nitrogen and oxygen atoms in total. The highest BCUT2D eigenvalue weighted by Gasteiger charge is 2.12. The molecule has 0 heterocycles. The van der Waals surface area contributed by atoms with Gasteiger partial charge in [-0.1, -0.05) is 13.8 Å². The molecule has 1 atom stereocenters. The van der Waals surface area contributed by atoms with E-state index in [0.29, 0.717) is 5.56 Å². The van der Waals surface area contributed by atoms with E-state index in [0.717, 1.165) is 30.5 Å². The lowest BCUT2D eigenvalue weighted by Crippen LogP contribution is -2.23. The Morgan fingerprint density at radius 2 is 1.82 bits per heavy atom. The van der Waals surface area contributed by atoms with Gasteiger partial charge in [0.15, 0.2) is 0 Å². The summed E-state index contributed by atoms with van der Waals surface area (Å²) in [5, 5.41) is 3.26. The minimum Gasteiger partial charge on any atom is -0.310 e. The van der Waals surface area contributed by atoms with Gasteiger partial charge in [0, 0.05) is 17.9 Å². The first-order valence-electron chi connectivity index (χ1n) is 5.94. The Morgan fingerprint density at radius 3 is 2.35 bits per heavy atom. The van der Waals surface area contributed by atoms with Crippen molar-refractivity contribution in [1.82, 2.24) is 5.32 Å². The minimum absolute atomic E-state index is 0.0155. The SMILES string of the molecule is CCCSCC(NCC)c1cc(F)cc(F)c1. The zero-order valence-electron chi connectivity index (χ0n) is 10.3. The highest BCUT2D eigenvalue weighted by Crippen LogP contribution is 2.21. The van der Waals surface area contributed by atoms with Crippen molar-refractivity contribution in [2.24, 2.45) is 0 Å². The standard InChI is InChI=1S/C13H19F2NS/c1-3-5-17-9-13(16-4-2)10-6-11(14)8-12(15)7-10/h6-8,13,16H,3-5,9H2,1-2H3. The lowest BCUT2D eigenvalue weighted by atomic mass is 10.1. The molecule has 1 unspecified atom stereocenters. The number of hydrogen-bond donors (Lipinski definition) is 1. The Hall–Kier alpha value is -0.610. The molecule has 0 bridgehead atoms. The third-order valence-corrected chi connectivity index (χ3v) is 3.64. The summed E-state index contributed by atoms with van der Waals surface area (Å²) in [6.07, 6.45) is 1.11. The Morgan fingerprint density at radius 1 is 1.18 bits per heavy atom. The van der Waals surface area contributed by atoms with Gasteiger partial charge in [0.2, 0.25) is 0 Å². The smallest absolute Gasteiger partial charge is 0.126 e. The van der Waals surface area contributed by atoms with Crippen molar-refractivity contribution in [2.45, 2.75) is 26.3 Å². The summed E-state index contributed by atoms with van der Waals surface area (Å²) < 4.78 is 26.3. The van der Waals surface area contributed by atoms with Crippen molar-refractivity contribution >= 4 is 11.8 Å². The van der Waals surface area contributed by atoms with Crippen LogP contribution in [0.15, 0.2) is 18.2 Å². The van der Waals surface area contributed by atoms with Gasteiger partial charge in [-0.25, -0.2) is 8.78 Å². The Kier molecular flexibility index (Phi) is 6.52. The fourth-order valence-corrected chi connectivity index (χ4v) is 2.64. The van der Waals surface area contributed by atoms with Gasteiger partial charge in [-0.15, -0.1) is 0 Å². The average Bonchev–Trinajstić information content (AvgIpc) is 2.27. The molecule has 0 fully saturated rings. The first-order valence-corrected chi connectivity index (χ1v) is 7.10. The summed E-state index contributed by atoms with van der Waals surface area (Å²) in [4.78, 5) is 0. The molecular formula is C13H19F2NS. The van der Waals surface area contributed by atoms with Gasteiger partial charge in [-0.3, -0.25) is 0 Å². The number of benzene rings is 1. The number of thioether (sulfide) groups is 1. The van der Waals surface area contributed by atoms with E-state index in [-0.39, 0.29) is 6.04 Å². The van der Waals surface area contributed by atoms with Crippen LogP contribution in [0.5, 0.6) is 0 Å². The summed E-state index contributed by atoms with van der Waals surface area (Å²) in [5.41, 5.74) is 0.688. The molecule has 1 aromatic carbocycles. The maximum Gasteiger partial charge on any atom is 0.126 e. The van der Waals surface area contributed by atoms with Crippen LogP contribution in [-0.2, 0) is 0 Å². The molecule has 0 saturated carbocycles. The van der Waals surface area contributed by atoms with E-state index in [2.05, 4.69) is 12.2 Å². The van der Waals surface area contributed by atoms with Crippen LogP contribution < -0.4 is 5.32 Å². The largest absolute Gasteiger partial charge is 0.310 e. The van der Waals surface area contributed by atoms with E-state index in [1.165, 1.54) is 12.1 Å². The van der Waals surface area contributed by atoms with E-state index in [1.807, 2.05) is 6.92 Å². The van der Waals surface area contributed by atoms with Gasteiger partial charge in [0.05, 0.1) is 0 Å². The van der Waals surface area contributed by atoms with Gasteiger partial charge in [0.25, 0.3) is 0 Å². The van der Waals surface area contributed by atoms with Crippen molar-refractivity contribution < 1.29 is 8.78 Å². The number of halogens is 2. The number of nitrogens with one attached hydrogen (secondary N) is 1. The zero-order valence-corrected chi connectivity index (χ0v) is 11.1. The van der Waals surface area contributed by atoms with Crippen LogP contribution in [0, 0.1) is 11.6 Å². The van der Waals surface area contributed by atoms with E-state index < -0.39 is 11.6 Å². The van der Waals surface area contributed by atoms with Crippen molar-refractivity contribution in [3.05, 3.63) is 35.4 Å². The van der Waals surface area contributed by atoms with Crippen LogP contribution >= 0.6 is 11.8 Å². The maximum atomic E-state index is 13.1. The summed E-state index contributed by atoms with van der Waals surface area (Å²) in [7, 11) is 0.